The fourth-order valence-corrected chi connectivity index (χ4v) is 4.19. The zero-order valence-electron chi connectivity index (χ0n) is 21.2. The van der Waals surface area contributed by atoms with Crippen molar-refractivity contribution in [3.05, 3.63) is 71.3 Å². The highest BCUT2D eigenvalue weighted by molar-refractivity contribution is 5.94. The van der Waals surface area contributed by atoms with Gasteiger partial charge in [-0.05, 0) is 32.9 Å². The van der Waals surface area contributed by atoms with Gasteiger partial charge in [-0.2, -0.15) is 0 Å². The van der Waals surface area contributed by atoms with Crippen LogP contribution in [-0.4, -0.2) is 73.3 Å². The second kappa shape index (κ2) is 11.5. The van der Waals surface area contributed by atoms with Crippen LogP contribution in [0.25, 0.3) is 11.3 Å². The lowest BCUT2D eigenvalue weighted by atomic mass is 10.1. The highest BCUT2D eigenvalue weighted by Crippen LogP contribution is 2.33. The number of morpholine rings is 1. The van der Waals surface area contributed by atoms with Crippen LogP contribution in [0.3, 0.4) is 0 Å². The molecule has 0 radical (unpaired) electrons. The number of nitrogens with zero attached hydrogens (tertiary/aromatic N) is 4. The number of anilines is 1. The van der Waals surface area contributed by atoms with Crippen LogP contribution in [0.5, 0.6) is 0 Å². The third-order valence-corrected chi connectivity index (χ3v) is 6.63. The standard InChI is InChI=1S/C28H36N4O3/c1-21(2)30(4)28-25(26(29-35-28)23-8-6-5-7-9-23)20-32(15-14-31-16-18-34-19-17-31)27(33)24-12-10-22(3)11-13-24/h5-13,21H,14-20H2,1-4H3. The third-order valence-electron chi connectivity index (χ3n) is 6.63. The lowest BCUT2D eigenvalue weighted by Crippen LogP contribution is -2.43. The van der Waals surface area contributed by atoms with E-state index in [0.29, 0.717) is 24.5 Å². The van der Waals surface area contributed by atoms with E-state index in [2.05, 4.69) is 28.8 Å². The minimum atomic E-state index is 0.0108. The quantitative estimate of drug-likeness (QED) is 0.454. The Balaban J connectivity index is 1.68. The molecule has 0 bridgehead atoms. The van der Waals surface area contributed by atoms with Crippen molar-refractivity contribution in [3.8, 4) is 11.3 Å². The Morgan fingerprint density at radius 3 is 2.40 bits per heavy atom. The SMILES string of the molecule is Cc1ccc(C(=O)N(CCN2CCOCC2)Cc2c(-c3ccccc3)noc2N(C)C(C)C)cc1. The number of aromatic nitrogens is 1. The summed E-state index contributed by atoms with van der Waals surface area (Å²) in [4.78, 5) is 20.1. The van der Waals surface area contributed by atoms with Crippen molar-refractivity contribution in [2.24, 2.45) is 0 Å². The zero-order chi connectivity index (χ0) is 24.8. The summed E-state index contributed by atoms with van der Waals surface area (Å²) in [5, 5.41) is 4.45. The highest BCUT2D eigenvalue weighted by atomic mass is 16.5. The van der Waals surface area contributed by atoms with Crippen molar-refractivity contribution < 1.29 is 14.1 Å². The first-order valence-electron chi connectivity index (χ1n) is 12.4. The monoisotopic (exact) mass is 476 g/mol. The van der Waals surface area contributed by atoms with Crippen molar-refractivity contribution in [1.82, 2.24) is 15.0 Å². The summed E-state index contributed by atoms with van der Waals surface area (Å²) in [5.74, 6) is 0.712. The van der Waals surface area contributed by atoms with E-state index < -0.39 is 0 Å². The van der Waals surface area contributed by atoms with Gasteiger partial charge in [0.2, 0.25) is 5.88 Å². The number of carbonyl (C=O) groups excluding carboxylic acids is 1. The summed E-state index contributed by atoms with van der Waals surface area (Å²) in [6.07, 6.45) is 0. The van der Waals surface area contributed by atoms with E-state index in [-0.39, 0.29) is 11.9 Å². The Morgan fingerprint density at radius 1 is 1.06 bits per heavy atom. The van der Waals surface area contributed by atoms with Crippen LogP contribution in [0.15, 0.2) is 59.1 Å². The number of aryl methyl sites for hydroxylation is 1. The van der Waals surface area contributed by atoms with Crippen LogP contribution < -0.4 is 4.90 Å². The van der Waals surface area contributed by atoms with E-state index in [9.17, 15) is 4.79 Å². The van der Waals surface area contributed by atoms with Crippen LogP contribution in [0.4, 0.5) is 5.88 Å². The van der Waals surface area contributed by atoms with Gasteiger partial charge >= 0.3 is 0 Å². The molecule has 7 heteroatoms. The van der Waals surface area contributed by atoms with Crippen LogP contribution in [-0.2, 0) is 11.3 Å². The number of hydrogen-bond acceptors (Lipinski definition) is 6. The molecule has 0 unspecified atom stereocenters. The van der Waals surface area contributed by atoms with Crippen molar-refractivity contribution >= 4 is 11.8 Å². The fraction of sp³-hybridized carbons (Fsp3) is 0.429. The Hall–Kier alpha value is -3.16. The number of hydrogen-bond donors (Lipinski definition) is 0. The lowest BCUT2D eigenvalue weighted by Gasteiger charge is -2.31. The first-order valence-corrected chi connectivity index (χ1v) is 12.4. The molecular weight excluding hydrogens is 440 g/mol. The molecule has 2 aromatic carbocycles. The Kier molecular flexibility index (Phi) is 8.21. The molecule has 0 N–H and O–H groups in total. The van der Waals surface area contributed by atoms with Gasteiger partial charge in [-0.15, -0.1) is 0 Å². The molecule has 1 saturated heterocycles. The normalized spacial score (nSPS) is 14.3. The summed E-state index contributed by atoms with van der Waals surface area (Å²) in [5.41, 5.74) is 4.50. The van der Waals surface area contributed by atoms with Gasteiger partial charge < -0.3 is 19.1 Å². The minimum absolute atomic E-state index is 0.0108. The number of amides is 1. The predicted molar refractivity (Wildman–Crippen MR) is 139 cm³/mol. The molecule has 7 nitrogen and oxygen atoms in total. The van der Waals surface area contributed by atoms with E-state index in [0.717, 1.165) is 55.2 Å². The molecule has 1 aliphatic rings. The van der Waals surface area contributed by atoms with E-state index in [1.54, 1.807) is 0 Å². The van der Waals surface area contributed by atoms with Gasteiger partial charge in [0.25, 0.3) is 5.91 Å². The molecule has 1 fully saturated rings. The van der Waals surface area contributed by atoms with E-state index in [1.807, 2.05) is 73.5 Å². The zero-order valence-corrected chi connectivity index (χ0v) is 21.2. The van der Waals surface area contributed by atoms with Crippen LogP contribution in [0.2, 0.25) is 0 Å². The second-order valence-corrected chi connectivity index (χ2v) is 9.43. The molecule has 4 rings (SSSR count). The molecule has 0 saturated carbocycles. The third kappa shape index (κ3) is 6.10. The molecule has 0 spiro atoms. The van der Waals surface area contributed by atoms with Gasteiger partial charge in [0.15, 0.2) is 0 Å². The van der Waals surface area contributed by atoms with E-state index in [4.69, 9.17) is 9.26 Å². The maximum atomic E-state index is 13.7. The summed E-state index contributed by atoms with van der Waals surface area (Å²) in [6.45, 7) is 11.3. The van der Waals surface area contributed by atoms with Crippen molar-refractivity contribution in [2.75, 3.05) is 51.3 Å². The van der Waals surface area contributed by atoms with Crippen molar-refractivity contribution in [3.63, 3.8) is 0 Å². The summed E-state index contributed by atoms with van der Waals surface area (Å²) in [7, 11) is 2.00. The second-order valence-electron chi connectivity index (χ2n) is 9.43. The molecule has 3 aromatic rings. The largest absolute Gasteiger partial charge is 0.379 e. The molecule has 0 atom stereocenters. The topological polar surface area (TPSA) is 62.1 Å². The number of ether oxygens (including phenoxy) is 1. The van der Waals surface area contributed by atoms with Crippen molar-refractivity contribution in [2.45, 2.75) is 33.4 Å². The summed E-state index contributed by atoms with van der Waals surface area (Å²) >= 11 is 0. The van der Waals surface area contributed by atoms with Gasteiger partial charge in [-0.3, -0.25) is 9.69 Å². The number of benzene rings is 2. The molecule has 1 aliphatic heterocycles. The van der Waals surface area contributed by atoms with Crippen LogP contribution in [0, 0.1) is 6.92 Å². The molecule has 1 aromatic heterocycles. The fourth-order valence-electron chi connectivity index (χ4n) is 4.19. The number of rotatable bonds is 9. The highest BCUT2D eigenvalue weighted by Gasteiger charge is 2.27. The van der Waals surface area contributed by atoms with Gasteiger partial charge in [0, 0.05) is 50.4 Å². The first kappa shape index (κ1) is 24.9. The lowest BCUT2D eigenvalue weighted by molar-refractivity contribution is 0.0320. The summed E-state index contributed by atoms with van der Waals surface area (Å²) in [6, 6.07) is 18.0. The smallest absolute Gasteiger partial charge is 0.254 e. The van der Waals surface area contributed by atoms with Gasteiger partial charge in [0.05, 0.1) is 25.3 Å². The average molecular weight is 477 g/mol. The molecule has 35 heavy (non-hydrogen) atoms. The Bertz CT molecular complexity index is 1090. The maximum Gasteiger partial charge on any atom is 0.254 e. The maximum absolute atomic E-state index is 13.7. The van der Waals surface area contributed by atoms with Crippen LogP contribution in [0.1, 0.15) is 35.3 Å². The predicted octanol–water partition coefficient (Wildman–Crippen LogP) is 4.47. The van der Waals surface area contributed by atoms with Gasteiger partial charge in [0.1, 0.15) is 5.69 Å². The van der Waals surface area contributed by atoms with Gasteiger partial charge in [-0.1, -0.05) is 53.2 Å². The first-order chi connectivity index (χ1) is 16.9. The van der Waals surface area contributed by atoms with Crippen LogP contribution >= 0.6 is 0 Å². The van der Waals surface area contributed by atoms with Gasteiger partial charge in [-0.25, -0.2) is 0 Å². The average Bonchev–Trinajstić information content (AvgIpc) is 3.30. The van der Waals surface area contributed by atoms with Crippen molar-refractivity contribution in [1.29, 1.82) is 0 Å². The van der Waals surface area contributed by atoms with E-state index >= 15 is 0 Å². The molecule has 1 amide bonds. The minimum Gasteiger partial charge on any atom is -0.379 e. The summed E-state index contributed by atoms with van der Waals surface area (Å²) < 4.78 is 11.4. The molecule has 2 heterocycles. The molecule has 0 aliphatic carbocycles. The molecule has 186 valence electrons. The molecular formula is C28H36N4O3. The Morgan fingerprint density at radius 2 is 1.74 bits per heavy atom. The number of carbonyl (C=O) groups is 1. The van der Waals surface area contributed by atoms with E-state index in [1.165, 1.54) is 0 Å². The Labute approximate surface area is 208 Å².